The molecule has 11 heteroatoms. The first kappa shape index (κ1) is 22.4. The summed E-state index contributed by atoms with van der Waals surface area (Å²) in [5.74, 6) is -0.893. The molecule has 2 rings (SSSR count). The van der Waals surface area contributed by atoms with Crippen LogP contribution < -0.4 is 5.32 Å². The molecular formula is C18H22F3N3O5. The highest BCUT2D eigenvalue weighted by Crippen LogP contribution is 2.32. The van der Waals surface area contributed by atoms with Gasteiger partial charge in [0.05, 0.1) is 16.5 Å². The summed E-state index contributed by atoms with van der Waals surface area (Å²) >= 11 is 0. The molecule has 1 atom stereocenters. The minimum absolute atomic E-state index is 0.0118. The lowest BCUT2D eigenvalue weighted by atomic mass is 10.1. The average molecular weight is 417 g/mol. The molecule has 0 bridgehead atoms. The van der Waals surface area contributed by atoms with Gasteiger partial charge in [-0.3, -0.25) is 14.9 Å². The molecule has 0 unspecified atom stereocenters. The van der Waals surface area contributed by atoms with Crippen molar-refractivity contribution < 1.29 is 32.4 Å². The number of carbonyl (C=O) groups is 2. The number of nitrogens with zero attached hydrogens (tertiary/aromatic N) is 2. The molecule has 0 radical (unpaired) electrons. The van der Waals surface area contributed by atoms with Gasteiger partial charge < -0.3 is 15.0 Å². The third-order valence-corrected chi connectivity index (χ3v) is 4.22. The van der Waals surface area contributed by atoms with Crippen LogP contribution in [-0.4, -0.2) is 46.6 Å². The van der Waals surface area contributed by atoms with Gasteiger partial charge in [-0.15, -0.1) is 0 Å². The zero-order valence-electron chi connectivity index (χ0n) is 16.2. The van der Waals surface area contributed by atoms with Gasteiger partial charge in [0.15, 0.2) is 0 Å². The maximum absolute atomic E-state index is 13.0. The lowest BCUT2D eigenvalue weighted by Gasteiger charge is -2.28. The molecule has 1 aliphatic rings. The van der Waals surface area contributed by atoms with Crippen molar-refractivity contribution in [3.05, 3.63) is 39.4 Å². The van der Waals surface area contributed by atoms with Crippen LogP contribution in [0.25, 0.3) is 0 Å². The Balaban J connectivity index is 2.11. The van der Waals surface area contributed by atoms with Gasteiger partial charge in [-0.1, -0.05) is 0 Å². The lowest BCUT2D eigenvalue weighted by molar-refractivity contribution is -0.385. The van der Waals surface area contributed by atoms with Crippen LogP contribution in [0.2, 0.25) is 0 Å². The predicted molar refractivity (Wildman–Crippen MR) is 96.4 cm³/mol. The number of nitro groups is 1. The van der Waals surface area contributed by atoms with Crippen LogP contribution in [0.15, 0.2) is 18.2 Å². The standard InChI is InChI=1S/C18H22F3N3O5/c1-17(2,3)29-16(26)23-6-4-5-13(23)10-22-15(25)11-7-12(18(19,20)21)9-14(8-11)24(27)28/h7-9,13H,4-6,10H2,1-3H3,(H,22,25)/t13-/m1/s1. The van der Waals surface area contributed by atoms with Crippen LogP contribution >= 0.6 is 0 Å². The number of hydrogen-bond donors (Lipinski definition) is 1. The number of non-ortho nitro benzene ring substituents is 1. The SMILES string of the molecule is CC(C)(C)OC(=O)N1CCC[C@@H]1CNC(=O)c1cc([N+](=O)[O-])cc(C(F)(F)F)c1. The molecule has 1 aromatic rings. The van der Waals surface area contributed by atoms with Crippen molar-refractivity contribution in [3.8, 4) is 0 Å². The minimum atomic E-state index is -4.83. The Labute approximate surface area is 165 Å². The molecule has 2 amide bonds. The van der Waals surface area contributed by atoms with Gasteiger partial charge in [0, 0.05) is 30.8 Å². The van der Waals surface area contributed by atoms with E-state index >= 15 is 0 Å². The number of amides is 2. The molecule has 0 aromatic heterocycles. The van der Waals surface area contributed by atoms with E-state index in [0.29, 0.717) is 31.5 Å². The third kappa shape index (κ3) is 6.06. The Morgan fingerprint density at radius 3 is 2.48 bits per heavy atom. The van der Waals surface area contributed by atoms with Crippen LogP contribution in [0, 0.1) is 10.1 Å². The van der Waals surface area contributed by atoms with Gasteiger partial charge in [-0.05, 0) is 39.7 Å². The second kappa shape index (κ2) is 8.26. The second-order valence-corrected chi connectivity index (χ2v) is 7.70. The Morgan fingerprint density at radius 2 is 1.93 bits per heavy atom. The number of ether oxygens (including phenoxy) is 1. The molecule has 1 saturated heterocycles. The zero-order chi connectivity index (χ0) is 22.0. The molecule has 160 valence electrons. The summed E-state index contributed by atoms with van der Waals surface area (Å²) in [7, 11) is 0. The molecule has 29 heavy (non-hydrogen) atoms. The minimum Gasteiger partial charge on any atom is -0.444 e. The van der Waals surface area contributed by atoms with E-state index in [4.69, 9.17) is 4.74 Å². The fourth-order valence-corrected chi connectivity index (χ4v) is 2.93. The highest BCUT2D eigenvalue weighted by Gasteiger charge is 2.35. The summed E-state index contributed by atoms with van der Waals surface area (Å²) in [6, 6.07) is 1.33. The molecule has 1 N–H and O–H groups in total. The average Bonchev–Trinajstić information content (AvgIpc) is 3.05. The largest absolute Gasteiger partial charge is 0.444 e. The van der Waals surface area contributed by atoms with E-state index in [1.54, 1.807) is 20.8 Å². The second-order valence-electron chi connectivity index (χ2n) is 7.70. The van der Waals surface area contributed by atoms with E-state index in [2.05, 4.69) is 5.32 Å². The summed E-state index contributed by atoms with van der Waals surface area (Å²) in [5.41, 5.74) is -3.28. The number of nitrogens with one attached hydrogen (secondary N) is 1. The molecule has 0 saturated carbocycles. The molecule has 0 spiro atoms. The number of rotatable bonds is 4. The van der Waals surface area contributed by atoms with Crippen LogP contribution in [0.1, 0.15) is 49.5 Å². The quantitative estimate of drug-likeness (QED) is 0.594. The predicted octanol–water partition coefficient (Wildman–Crippen LogP) is 3.74. The monoisotopic (exact) mass is 417 g/mol. The van der Waals surface area contributed by atoms with E-state index in [9.17, 15) is 32.9 Å². The zero-order valence-corrected chi connectivity index (χ0v) is 16.2. The van der Waals surface area contributed by atoms with E-state index < -0.39 is 45.5 Å². The Bertz CT molecular complexity index is 805. The Hall–Kier alpha value is -2.85. The Kier molecular flexibility index (Phi) is 6.39. The number of benzene rings is 1. The molecule has 1 aromatic carbocycles. The molecule has 8 nitrogen and oxygen atoms in total. The van der Waals surface area contributed by atoms with Crippen LogP contribution in [0.5, 0.6) is 0 Å². The van der Waals surface area contributed by atoms with E-state index in [0.717, 1.165) is 6.07 Å². The first-order valence-corrected chi connectivity index (χ1v) is 8.92. The van der Waals surface area contributed by atoms with Gasteiger partial charge in [-0.2, -0.15) is 13.2 Å². The first-order chi connectivity index (χ1) is 13.3. The Morgan fingerprint density at radius 1 is 1.28 bits per heavy atom. The first-order valence-electron chi connectivity index (χ1n) is 8.92. The van der Waals surface area contributed by atoms with Gasteiger partial charge >= 0.3 is 12.3 Å². The summed E-state index contributed by atoms with van der Waals surface area (Å²) in [5, 5.41) is 13.4. The van der Waals surface area contributed by atoms with Crippen molar-refractivity contribution in [1.29, 1.82) is 0 Å². The summed E-state index contributed by atoms with van der Waals surface area (Å²) in [6.45, 7) is 5.58. The van der Waals surface area contributed by atoms with Crippen molar-refractivity contribution in [2.24, 2.45) is 0 Å². The van der Waals surface area contributed by atoms with Crippen molar-refractivity contribution in [2.75, 3.05) is 13.1 Å². The van der Waals surface area contributed by atoms with Gasteiger partial charge in [0.25, 0.3) is 11.6 Å². The number of hydrogen-bond acceptors (Lipinski definition) is 5. The van der Waals surface area contributed by atoms with Crippen molar-refractivity contribution >= 4 is 17.7 Å². The van der Waals surface area contributed by atoms with Gasteiger partial charge in [0.2, 0.25) is 0 Å². The fourth-order valence-electron chi connectivity index (χ4n) is 2.93. The molecule has 1 fully saturated rings. The normalized spacial score (nSPS) is 17.2. The maximum Gasteiger partial charge on any atom is 0.416 e. The number of likely N-dealkylation sites (tertiary alicyclic amines) is 1. The maximum atomic E-state index is 13.0. The molecular weight excluding hydrogens is 395 g/mol. The van der Waals surface area contributed by atoms with Crippen molar-refractivity contribution in [3.63, 3.8) is 0 Å². The van der Waals surface area contributed by atoms with Crippen LogP contribution in [-0.2, 0) is 10.9 Å². The van der Waals surface area contributed by atoms with Crippen LogP contribution in [0.3, 0.4) is 0 Å². The summed E-state index contributed by atoms with van der Waals surface area (Å²) in [6.07, 6.45) is -4.10. The smallest absolute Gasteiger partial charge is 0.416 e. The summed E-state index contributed by atoms with van der Waals surface area (Å²) in [4.78, 5) is 35.9. The number of nitro benzene ring substituents is 1. The topological polar surface area (TPSA) is 102 Å². The van der Waals surface area contributed by atoms with E-state index in [1.807, 2.05) is 0 Å². The van der Waals surface area contributed by atoms with Crippen LogP contribution in [0.4, 0.5) is 23.7 Å². The molecule has 1 heterocycles. The molecule has 1 aliphatic heterocycles. The van der Waals surface area contributed by atoms with E-state index in [-0.39, 0.29) is 12.6 Å². The van der Waals surface area contributed by atoms with Gasteiger partial charge in [0.1, 0.15) is 5.60 Å². The lowest BCUT2D eigenvalue weighted by Crippen LogP contribution is -2.45. The third-order valence-electron chi connectivity index (χ3n) is 4.22. The van der Waals surface area contributed by atoms with Crippen molar-refractivity contribution in [2.45, 2.75) is 51.4 Å². The molecule has 0 aliphatic carbocycles. The summed E-state index contributed by atoms with van der Waals surface area (Å²) < 4.78 is 44.2. The number of alkyl halides is 3. The van der Waals surface area contributed by atoms with E-state index in [1.165, 1.54) is 4.90 Å². The number of halogens is 3. The highest BCUT2D eigenvalue weighted by molar-refractivity contribution is 5.95. The number of carbonyl (C=O) groups excluding carboxylic acids is 2. The van der Waals surface area contributed by atoms with Crippen molar-refractivity contribution in [1.82, 2.24) is 10.2 Å². The van der Waals surface area contributed by atoms with Gasteiger partial charge in [-0.25, -0.2) is 4.79 Å². The fraction of sp³-hybridized carbons (Fsp3) is 0.556. The highest BCUT2D eigenvalue weighted by atomic mass is 19.4.